The van der Waals surface area contributed by atoms with Crippen LogP contribution in [0.3, 0.4) is 0 Å². The van der Waals surface area contributed by atoms with Crippen molar-refractivity contribution in [2.24, 2.45) is 10.9 Å². The third-order valence-corrected chi connectivity index (χ3v) is 4.76. The average molecular weight is 495 g/mol. The van der Waals surface area contributed by atoms with Crippen molar-refractivity contribution < 1.29 is 9.47 Å². The third-order valence-electron chi connectivity index (χ3n) is 4.76. The third kappa shape index (κ3) is 6.98. The summed E-state index contributed by atoms with van der Waals surface area (Å²) in [5, 5.41) is 6.78. The maximum atomic E-state index is 5.75. The number of halogens is 1. The van der Waals surface area contributed by atoms with E-state index in [0.717, 1.165) is 30.4 Å². The van der Waals surface area contributed by atoms with Crippen LogP contribution in [0.2, 0.25) is 0 Å². The van der Waals surface area contributed by atoms with Crippen molar-refractivity contribution in [3.8, 4) is 5.75 Å². The molecule has 0 aromatic heterocycles. The zero-order valence-corrected chi connectivity index (χ0v) is 18.9. The number of aliphatic imine (C=N–C) groups is 1. The van der Waals surface area contributed by atoms with Gasteiger partial charge >= 0.3 is 0 Å². The zero-order valence-electron chi connectivity index (χ0n) is 16.6. The number of methoxy groups -OCH3 is 1. The number of guanidine groups is 1. The summed E-state index contributed by atoms with van der Waals surface area (Å²) in [7, 11) is 3.49. The Morgan fingerprint density at radius 3 is 2.68 bits per heavy atom. The van der Waals surface area contributed by atoms with Gasteiger partial charge < -0.3 is 20.1 Å². The van der Waals surface area contributed by atoms with E-state index in [1.54, 1.807) is 14.2 Å². The molecule has 0 radical (unpaired) electrons. The summed E-state index contributed by atoms with van der Waals surface area (Å²) in [5.74, 6) is 2.96. The number of benzene rings is 2. The van der Waals surface area contributed by atoms with Crippen LogP contribution in [-0.4, -0.2) is 39.9 Å². The van der Waals surface area contributed by atoms with Crippen molar-refractivity contribution in [1.29, 1.82) is 0 Å². The summed E-state index contributed by atoms with van der Waals surface area (Å²) in [4.78, 5) is 4.33. The van der Waals surface area contributed by atoms with Gasteiger partial charge in [0.2, 0.25) is 0 Å². The first kappa shape index (κ1) is 22.5. The predicted octanol–water partition coefficient (Wildman–Crippen LogP) is 4.51. The van der Waals surface area contributed by atoms with E-state index in [4.69, 9.17) is 9.47 Å². The summed E-state index contributed by atoms with van der Waals surface area (Å²) >= 11 is 0. The molecule has 2 atom stereocenters. The Kier molecular flexibility index (Phi) is 9.57. The molecule has 0 saturated heterocycles. The largest absolute Gasteiger partial charge is 0.493 e. The fourth-order valence-corrected chi connectivity index (χ4v) is 3.18. The lowest BCUT2D eigenvalue weighted by molar-refractivity contribution is 0.172. The van der Waals surface area contributed by atoms with Gasteiger partial charge in [-0.1, -0.05) is 36.4 Å². The molecule has 0 aliphatic heterocycles. The molecule has 2 aromatic rings. The molecule has 2 N–H and O–H groups in total. The molecule has 0 amide bonds. The van der Waals surface area contributed by atoms with E-state index in [-0.39, 0.29) is 24.0 Å². The first-order valence-corrected chi connectivity index (χ1v) is 9.54. The molecule has 0 heterocycles. The number of anilines is 1. The van der Waals surface area contributed by atoms with Crippen LogP contribution < -0.4 is 15.4 Å². The van der Waals surface area contributed by atoms with E-state index >= 15 is 0 Å². The van der Waals surface area contributed by atoms with Crippen molar-refractivity contribution >= 4 is 35.6 Å². The van der Waals surface area contributed by atoms with Crippen LogP contribution in [0, 0.1) is 5.92 Å². The highest BCUT2D eigenvalue weighted by Gasteiger charge is 2.37. The second-order valence-corrected chi connectivity index (χ2v) is 6.81. The van der Waals surface area contributed by atoms with Crippen LogP contribution in [-0.2, 0) is 4.74 Å². The van der Waals surface area contributed by atoms with Gasteiger partial charge in [0.25, 0.3) is 0 Å². The minimum Gasteiger partial charge on any atom is -0.493 e. The SMILES string of the molecule is CN=C(NCC1CC1c1ccccc1)Nc1cccc(OCCCOC)c1.I. The summed E-state index contributed by atoms with van der Waals surface area (Å²) < 4.78 is 10.8. The van der Waals surface area contributed by atoms with E-state index in [1.165, 1.54) is 12.0 Å². The van der Waals surface area contributed by atoms with Gasteiger partial charge in [0.05, 0.1) is 6.61 Å². The minimum atomic E-state index is 0. The quantitative estimate of drug-likeness (QED) is 0.233. The Bertz CT molecular complexity index is 740. The molecule has 6 heteroatoms. The molecular formula is C22H30IN3O2. The van der Waals surface area contributed by atoms with Gasteiger partial charge in [-0.05, 0) is 36.0 Å². The van der Waals surface area contributed by atoms with E-state index in [1.807, 2.05) is 24.3 Å². The lowest BCUT2D eigenvalue weighted by Gasteiger charge is -2.13. The van der Waals surface area contributed by atoms with E-state index in [2.05, 4.69) is 46.0 Å². The molecule has 152 valence electrons. The van der Waals surface area contributed by atoms with Crippen molar-refractivity contribution in [2.75, 3.05) is 39.2 Å². The number of hydrogen-bond acceptors (Lipinski definition) is 3. The predicted molar refractivity (Wildman–Crippen MR) is 126 cm³/mol. The molecule has 5 nitrogen and oxygen atoms in total. The van der Waals surface area contributed by atoms with Gasteiger partial charge in [-0.15, -0.1) is 24.0 Å². The maximum Gasteiger partial charge on any atom is 0.195 e. The number of rotatable bonds is 9. The molecule has 28 heavy (non-hydrogen) atoms. The van der Waals surface area contributed by atoms with E-state index < -0.39 is 0 Å². The first-order valence-electron chi connectivity index (χ1n) is 9.54. The van der Waals surface area contributed by atoms with Crippen LogP contribution in [0.1, 0.15) is 24.3 Å². The topological polar surface area (TPSA) is 54.9 Å². The Balaban J connectivity index is 0.00000280. The van der Waals surface area contributed by atoms with Crippen LogP contribution in [0.15, 0.2) is 59.6 Å². The summed E-state index contributed by atoms with van der Waals surface area (Å²) in [6.45, 7) is 2.28. The van der Waals surface area contributed by atoms with Crippen LogP contribution in [0.4, 0.5) is 5.69 Å². The summed E-state index contributed by atoms with van der Waals surface area (Å²) in [6.07, 6.45) is 2.11. The van der Waals surface area contributed by atoms with Crippen LogP contribution >= 0.6 is 24.0 Å². The highest BCUT2D eigenvalue weighted by molar-refractivity contribution is 14.0. The number of ether oxygens (including phenoxy) is 2. The standard InChI is InChI=1S/C22H29N3O2.HI/c1-23-22(24-16-18-14-21(18)17-8-4-3-5-9-17)25-19-10-6-11-20(15-19)27-13-7-12-26-2;/h3-6,8-11,15,18,21H,7,12-14,16H2,1-2H3,(H2,23,24,25);1H. The van der Waals surface area contributed by atoms with E-state index in [9.17, 15) is 0 Å². The summed E-state index contributed by atoms with van der Waals surface area (Å²) in [6, 6.07) is 18.7. The molecule has 0 spiro atoms. The van der Waals surface area contributed by atoms with Gasteiger partial charge in [0.15, 0.2) is 5.96 Å². The molecule has 2 unspecified atom stereocenters. The van der Waals surface area contributed by atoms with Gasteiger partial charge in [0.1, 0.15) is 5.75 Å². The Hall–Kier alpha value is -1.80. The van der Waals surface area contributed by atoms with Gasteiger partial charge in [-0.25, -0.2) is 0 Å². The van der Waals surface area contributed by atoms with Crippen LogP contribution in [0.25, 0.3) is 0 Å². The van der Waals surface area contributed by atoms with Crippen molar-refractivity contribution in [3.05, 3.63) is 60.2 Å². The van der Waals surface area contributed by atoms with Gasteiger partial charge in [-0.3, -0.25) is 4.99 Å². The zero-order chi connectivity index (χ0) is 18.9. The fourth-order valence-electron chi connectivity index (χ4n) is 3.18. The molecule has 1 aliphatic carbocycles. The maximum absolute atomic E-state index is 5.75. The monoisotopic (exact) mass is 495 g/mol. The molecule has 1 aliphatic rings. The second-order valence-electron chi connectivity index (χ2n) is 6.81. The van der Waals surface area contributed by atoms with Crippen molar-refractivity contribution in [3.63, 3.8) is 0 Å². The average Bonchev–Trinajstić information content (AvgIpc) is 3.49. The Labute approximate surface area is 184 Å². The number of nitrogens with one attached hydrogen (secondary N) is 2. The lowest BCUT2D eigenvalue weighted by Crippen LogP contribution is -2.32. The number of hydrogen-bond donors (Lipinski definition) is 2. The van der Waals surface area contributed by atoms with Crippen molar-refractivity contribution in [1.82, 2.24) is 5.32 Å². The smallest absolute Gasteiger partial charge is 0.195 e. The molecular weight excluding hydrogens is 465 g/mol. The number of nitrogens with zero attached hydrogens (tertiary/aromatic N) is 1. The van der Waals surface area contributed by atoms with Gasteiger partial charge in [0, 0.05) is 45.5 Å². The van der Waals surface area contributed by atoms with E-state index in [0.29, 0.717) is 25.0 Å². The molecule has 0 bridgehead atoms. The minimum absolute atomic E-state index is 0. The Morgan fingerprint density at radius 2 is 1.93 bits per heavy atom. The van der Waals surface area contributed by atoms with Crippen LogP contribution in [0.5, 0.6) is 5.75 Å². The first-order chi connectivity index (χ1) is 13.3. The lowest BCUT2D eigenvalue weighted by atomic mass is 10.1. The fraction of sp³-hybridized carbons (Fsp3) is 0.409. The summed E-state index contributed by atoms with van der Waals surface area (Å²) in [5.41, 5.74) is 2.40. The Morgan fingerprint density at radius 1 is 1.11 bits per heavy atom. The normalized spacial score (nSPS) is 18.1. The molecule has 1 saturated carbocycles. The second kappa shape index (κ2) is 11.9. The van der Waals surface area contributed by atoms with Gasteiger partial charge in [-0.2, -0.15) is 0 Å². The molecule has 1 fully saturated rings. The highest BCUT2D eigenvalue weighted by atomic mass is 127. The molecule has 3 rings (SSSR count). The highest BCUT2D eigenvalue weighted by Crippen LogP contribution is 2.46. The van der Waals surface area contributed by atoms with Crippen molar-refractivity contribution in [2.45, 2.75) is 18.8 Å². The molecule has 2 aromatic carbocycles.